The van der Waals surface area contributed by atoms with Gasteiger partial charge < -0.3 is 19.9 Å². The van der Waals surface area contributed by atoms with Crippen LogP contribution in [-0.2, 0) is 4.79 Å². The summed E-state index contributed by atoms with van der Waals surface area (Å²) in [6.45, 7) is 1.21. The van der Waals surface area contributed by atoms with E-state index in [-0.39, 0.29) is 25.4 Å². The van der Waals surface area contributed by atoms with Crippen LogP contribution in [0.2, 0.25) is 0 Å². The number of hydrogen-bond acceptors (Lipinski definition) is 5. The lowest BCUT2D eigenvalue weighted by molar-refractivity contribution is -0.179. The molecule has 2 aromatic rings. The molecule has 6 nitrogen and oxygen atoms in total. The van der Waals surface area contributed by atoms with Crippen LogP contribution in [0.1, 0.15) is 25.7 Å². The van der Waals surface area contributed by atoms with Crippen molar-refractivity contribution in [3.05, 3.63) is 42.5 Å². The van der Waals surface area contributed by atoms with Gasteiger partial charge in [0, 0.05) is 49.2 Å². The number of benzene rings is 2. The van der Waals surface area contributed by atoms with Crippen molar-refractivity contribution in [3.8, 4) is 11.8 Å². The third kappa shape index (κ3) is 5.33. The fourth-order valence-corrected chi connectivity index (χ4v) is 4.23. The molecule has 1 saturated heterocycles. The van der Waals surface area contributed by atoms with Crippen LogP contribution in [0.5, 0.6) is 5.75 Å². The lowest BCUT2D eigenvalue weighted by Gasteiger charge is -2.34. The van der Waals surface area contributed by atoms with Crippen LogP contribution in [0.15, 0.2) is 42.5 Å². The first kappa shape index (κ1) is 22.8. The number of halogens is 3. The number of alkyl halides is 3. The monoisotopic (exact) mass is 458 g/mol. The second kappa shape index (κ2) is 9.61. The van der Waals surface area contributed by atoms with Gasteiger partial charge in [-0.25, -0.2) is 0 Å². The first-order chi connectivity index (χ1) is 15.8. The number of piperidine rings is 1. The third-order valence-corrected chi connectivity index (χ3v) is 6.05. The highest BCUT2D eigenvalue weighted by Gasteiger charge is 2.41. The van der Waals surface area contributed by atoms with E-state index < -0.39 is 12.1 Å². The van der Waals surface area contributed by atoms with Gasteiger partial charge in [0.25, 0.3) is 5.91 Å². The maximum absolute atomic E-state index is 12.9. The third-order valence-electron chi connectivity index (χ3n) is 6.05. The van der Waals surface area contributed by atoms with E-state index in [1.165, 1.54) is 0 Å². The molecular formula is C24H25F3N4O2. The van der Waals surface area contributed by atoms with Crippen molar-refractivity contribution < 1.29 is 22.7 Å². The molecule has 174 valence electrons. The van der Waals surface area contributed by atoms with Crippen molar-refractivity contribution >= 4 is 28.7 Å². The Morgan fingerprint density at radius 3 is 2.45 bits per heavy atom. The first-order valence-corrected chi connectivity index (χ1v) is 11.0. The van der Waals surface area contributed by atoms with Crippen molar-refractivity contribution in [2.45, 2.75) is 31.9 Å². The van der Waals surface area contributed by atoms with Gasteiger partial charge in [-0.05, 0) is 55.7 Å². The summed E-state index contributed by atoms with van der Waals surface area (Å²) >= 11 is 0. The highest BCUT2D eigenvalue weighted by molar-refractivity contribution is 5.98. The average Bonchev–Trinajstić information content (AvgIpc) is 2.81. The van der Waals surface area contributed by atoms with Gasteiger partial charge in [-0.1, -0.05) is 0 Å². The summed E-state index contributed by atoms with van der Waals surface area (Å²) in [7, 11) is 0. The van der Waals surface area contributed by atoms with Crippen LogP contribution in [0.25, 0.3) is 0 Å². The van der Waals surface area contributed by atoms with Crippen molar-refractivity contribution in [2.75, 3.05) is 41.4 Å². The molecule has 1 amide bonds. The van der Waals surface area contributed by atoms with Crippen molar-refractivity contribution in [1.29, 1.82) is 5.26 Å². The summed E-state index contributed by atoms with van der Waals surface area (Å²) in [5.41, 5.74) is 3.22. The standard InChI is InChI=1S/C24H25F3N4O2/c25-24(26,27)17-9-13-30(14-10-17)20-6-3-18(4-7-20)29-19-5-8-21-22(15-19)33-16-23(32)31(21)12-2-1-11-28/h3-8,15,17,29H,1-2,9-10,12-14,16H2. The predicted molar refractivity (Wildman–Crippen MR) is 120 cm³/mol. The molecule has 0 saturated carbocycles. The van der Waals surface area contributed by atoms with E-state index in [9.17, 15) is 18.0 Å². The Bertz CT molecular complexity index is 1030. The van der Waals surface area contributed by atoms with Gasteiger partial charge in [0.2, 0.25) is 0 Å². The van der Waals surface area contributed by atoms with Crippen molar-refractivity contribution in [2.24, 2.45) is 5.92 Å². The normalized spacial score (nSPS) is 16.7. The Kier molecular flexibility index (Phi) is 6.63. The topological polar surface area (TPSA) is 68.6 Å². The zero-order chi connectivity index (χ0) is 23.4. The molecule has 4 rings (SSSR count). The van der Waals surface area contributed by atoms with Crippen LogP contribution < -0.4 is 19.9 Å². The molecule has 0 atom stereocenters. The van der Waals surface area contributed by atoms with Gasteiger partial charge in [-0.3, -0.25) is 4.79 Å². The lowest BCUT2D eigenvalue weighted by Crippen LogP contribution is -2.39. The molecule has 2 aliphatic rings. The fraction of sp³-hybridized carbons (Fsp3) is 0.417. The summed E-state index contributed by atoms with van der Waals surface area (Å²) in [5.74, 6) is -0.741. The lowest BCUT2D eigenvalue weighted by atomic mass is 9.96. The molecule has 9 heteroatoms. The maximum atomic E-state index is 12.9. The summed E-state index contributed by atoms with van der Waals surface area (Å²) in [4.78, 5) is 15.8. The molecule has 0 aliphatic carbocycles. The summed E-state index contributed by atoms with van der Waals surface area (Å²) in [6.07, 6.45) is -2.89. The second-order valence-electron chi connectivity index (χ2n) is 8.25. The van der Waals surface area contributed by atoms with Crippen LogP contribution >= 0.6 is 0 Å². The van der Waals surface area contributed by atoms with E-state index in [2.05, 4.69) is 11.4 Å². The molecule has 33 heavy (non-hydrogen) atoms. The van der Waals surface area contributed by atoms with E-state index in [1.54, 1.807) is 4.90 Å². The molecular weight excluding hydrogens is 433 g/mol. The SMILES string of the molecule is N#CCCCN1C(=O)COc2cc(Nc3ccc(N4CCC(C(F)(F)F)CC4)cc3)ccc21. The molecule has 2 aromatic carbocycles. The molecule has 0 unspecified atom stereocenters. The number of rotatable bonds is 6. The molecule has 2 heterocycles. The highest BCUT2D eigenvalue weighted by atomic mass is 19.4. The Morgan fingerprint density at radius 2 is 1.79 bits per heavy atom. The quantitative estimate of drug-likeness (QED) is 0.600. The molecule has 0 radical (unpaired) electrons. The van der Waals surface area contributed by atoms with Gasteiger partial charge in [0.1, 0.15) is 5.75 Å². The van der Waals surface area contributed by atoms with E-state index >= 15 is 0 Å². The number of anilines is 4. The highest BCUT2D eigenvalue weighted by Crippen LogP contribution is 2.37. The summed E-state index contributed by atoms with van der Waals surface area (Å²) < 4.78 is 44.2. The number of nitrogens with one attached hydrogen (secondary N) is 1. The molecule has 0 spiro atoms. The number of unbranched alkanes of at least 4 members (excludes halogenated alkanes) is 1. The van der Waals surface area contributed by atoms with Crippen LogP contribution in [0.3, 0.4) is 0 Å². The number of nitriles is 1. The maximum Gasteiger partial charge on any atom is 0.391 e. The van der Waals surface area contributed by atoms with Gasteiger partial charge in [0.05, 0.1) is 17.7 Å². The second-order valence-corrected chi connectivity index (χ2v) is 8.25. The molecule has 0 aromatic heterocycles. The number of hydrogen-bond donors (Lipinski definition) is 1. The number of ether oxygens (including phenoxy) is 1. The van der Waals surface area contributed by atoms with Crippen LogP contribution in [0.4, 0.5) is 35.9 Å². The number of carbonyl (C=O) groups excluding carboxylic acids is 1. The Hall–Kier alpha value is -3.41. The largest absolute Gasteiger partial charge is 0.481 e. The Morgan fingerprint density at radius 1 is 1.09 bits per heavy atom. The van der Waals surface area contributed by atoms with E-state index in [0.717, 1.165) is 17.1 Å². The molecule has 2 aliphatic heterocycles. The predicted octanol–water partition coefficient (Wildman–Crippen LogP) is 5.24. The van der Waals surface area contributed by atoms with Crippen molar-refractivity contribution in [1.82, 2.24) is 0 Å². The molecule has 0 bridgehead atoms. The Balaban J connectivity index is 1.39. The zero-order valence-corrected chi connectivity index (χ0v) is 18.1. The number of fused-ring (bicyclic) bond motifs is 1. The Labute approximate surface area is 190 Å². The number of nitrogens with zero attached hydrogens (tertiary/aromatic N) is 3. The number of carbonyl (C=O) groups is 1. The van der Waals surface area contributed by atoms with Gasteiger partial charge in [-0.2, -0.15) is 18.4 Å². The molecule has 1 N–H and O–H groups in total. The summed E-state index contributed by atoms with van der Waals surface area (Å²) in [6, 6.07) is 15.2. The minimum atomic E-state index is -4.11. The first-order valence-electron chi connectivity index (χ1n) is 11.0. The van der Waals surface area contributed by atoms with Crippen molar-refractivity contribution in [3.63, 3.8) is 0 Å². The fourth-order valence-electron chi connectivity index (χ4n) is 4.23. The van der Waals surface area contributed by atoms with Gasteiger partial charge in [-0.15, -0.1) is 0 Å². The summed E-state index contributed by atoms with van der Waals surface area (Å²) in [5, 5.41) is 12.0. The minimum Gasteiger partial charge on any atom is -0.481 e. The van der Waals surface area contributed by atoms with Gasteiger partial charge >= 0.3 is 6.18 Å². The van der Waals surface area contributed by atoms with E-state index in [4.69, 9.17) is 10.00 Å². The van der Waals surface area contributed by atoms with Crippen LogP contribution in [0, 0.1) is 17.2 Å². The average molecular weight is 458 g/mol. The minimum absolute atomic E-state index is 0.0390. The smallest absolute Gasteiger partial charge is 0.391 e. The molecule has 1 fully saturated rings. The van der Waals surface area contributed by atoms with E-state index in [1.807, 2.05) is 47.4 Å². The van der Waals surface area contributed by atoms with E-state index in [0.29, 0.717) is 43.9 Å². The van der Waals surface area contributed by atoms with Gasteiger partial charge in [0.15, 0.2) is 6.61 Å². The zero-order valence-electron chi connectivity index (χ0n) is 18.1. The van der Waals surface area contributed by atoms with Crippen LogP contribution in [-0.4, -0.2) is 38.3 Å². The number of amides is 1.